The predicted molar refractivity (Wildman–Crippen MR) is 94.3 cm³/mol. The molecule has 1 fully saturated rings. The van der Waals surface area contributed by atoms with Gasteiger partial charge < -0.3 is 19.7 Å². The SMILES string of the molecule is CC(C)CNC(=O)COC(=O)c1cc([N+](=O)[O-])ccc1N1CCOCC1. The van der Waals surface area contributed by atoms with Crippen LogP contribution in [-0.2, 0) is 14.3 Å². The second-order valence-corrected chi connectivity index (χ2v) is 6.33. The average Bonchev–Trinajstić information content (AvgIpc) is 2.64. The van der Waals surface area contributed by atoms with E-state index in [0.29, 0.717) is 38.5 Å². The molecule has 9 nitrogen and oxygen atoms in total. The lowest BCUT2D eigenvalue weighted by Crippen LogP contribution is -2.37. The zero-order valence-corrected chi connectivity index (χ0v) is 14.9. The van der Waals surface area contributed by atoms with E-state index in [-0.39, 0.29) is 17.2 Å². The number of nitro benzene ring substituents is 1. The van der Waals surface area contributed by atoms with Gasteiger partial charge in [0.05, 0.1) is 29.4 Å². The summed E-state index contributed by atoms with van der Waals surface area (Å²) in [5.41, 5.74) is 0.391. The third-order valence-corrected chi connectivity index (χ3v) is 3.80. The van der Waals surface area contributed by atoms with Crippen molar-refractivity contribution in [3.05, 3.63) is 33.9 Å². The van der Waals surface area contributed by atoms with E-state index in [9.17, 15) is 19.7 Å². The lowest BCUT2D eigenvalue weighted by molar-refractivity contribution is -0.384. The van der Waals surface area contributed by atoms with E-state index in [2.05, 4.69) is 5.32 Å². The molecule has 1 aliphatic rings. The molecule has 1 aromatic carbocycles. The van der Waals surface area contributed by atoms with Crippen LogP contribution < -0.4 is 10.2 Å². The molecule has 0 atom stereocenters. The first kappa shape index (κ1) is 19.6. The largest absolute Gasteiger partial charge is 0.452 e. The van der Waals surface area contributed by atoms with Crippen molar-refractivity contribution in [3.8, 4) is 0 Å². The highest BCUT2D eigenvalue weighted by atomic mass is 16.6. The Morgan fingerprint density at radius 1 is 1.35 bits per heavy atom. The maximum absolute atomic E-state index is 12.4. The molecule has 0 unspecified atom stereocenters. The average molecular weight is 365 g/mol. The van der Waals surface area contributed by atoms with Crippen molar-refractivity contribution in [2.75, 3.05) is 44.4 Å². The van der Waals surface area contributed by atoms with Crippen molar-refractivity contribution >= 4 is 23.3 Å². The lowest BCUT2D eigenvalue weighted by Gasteiger charge is -2.30. The highest BCUT2D eigenvalue weighted by molar-refractivity contribution is 5.97. The number of benzene rings is 1. The van der Waals surface area contributed by atoms with Gasteiger partial charge in [-0.15, -0.1) is 0 Å². The summed E-state index contributed by atoms with van der Waals surface area (Å²) in [6.07, 6.45) is 0. The summed E-state index contributed by atoms with van der Waals surface area (Å²) in [6, 6.07) is 4.05. The number of amides is 1. The molecule has 0 aliphatic carbocycles. The summed E-state index contributed by atoms with van der Waals surface area (Å²) in [7, 11) is 0. The number of morpholine rings is 1. The Hall–Kier alpha value is -2.68. The zero-order valence-electron chi connectivity index (χ0n) is 14.9. The second-order valence-electron chi connectivity index (χ2n) is 6.33. The van der Waals surface area contributed by atoms with E-state index in [1.807, 2.05) is 18.7 Å². The standard InChI is InChI=1S/C17H23N3O6/c1-12(2)10-18-16(21)11-26-17(22)14-9-13(20(23)24)3-4-15(14)19-5-7-25-8-6-19/h3-4,9,12H,5-8,10-11H2,1-2H3,(H,18,21). The summed E-state index contributed by atoms with van der Waals surface area (Å²) < 4.78 is 10.3. The van der Waals surface area contributed by atoms with Crippen LogP contribution >= 0.6 is 0 Å². The molecule has 0 aromatic heterocycles. The highest BCUT2D eigenvalue weighted by Gasteiger charge is 2.23. The predicted octanol–water partition coefficient (Wildman–Crippen LogP) is 1.36. The van der Waals surface area contributed by atoms with Crippen LogP contribution in [-0.4, -0.2) is 56.3 Å². The molecule has 0 saturated carbocycles. The number of hydrogen-bond acceptors (Lipinski definition) is 7. The Morgan fingerprint density at radius 3 is 2.65 bits per heavy atom. The molecule has 26 heavy (non-hydrogen) atoms. The molecule has 0 bridgehead atoms. The van der Waals surface area contributed by atoms with Gasteiger partial charge in [-0.3, -0.25) is 14.9 Å². The van der Waals surface area contributed by atoms with E-state index >= 15 is 0 Å². The van der Waals surface area contributed by atoms with Crippen LogP contribution in [0.1, 0.15) is 24.2 Å². The molecular weight excluding hydrogens is 342 g/mol. The summed E-state index contributed by atoms with van der Waals surface area (Å²) in [5.74, 6) is -0.903. The summed E-state index contributed by atoms with van der Waals surface area (Å²) in [4.78, 5) is 36.5. The quantitative estimate of drug-likeness (QED) is 0.441. The minimum absolute atomic E-state index is 0.0674. The molecule has 1 heterocycles. The smallest absolute Gasteiger partial charge is 0.341 e. The molecule has 142 valence electrons. The number of rotatable bonds is 7. The minimum atomic E-state index is -0.769. The maximum atomic E-state index is 12.4. The minimum Gasteiger partial charge on any atom is -0.452 e. The van der Waals surface area contributed by atoms with Crippen molar-refractivity contribution in [3.63, 3.8) is 0 Å². The topological polar surface area (TPSA) is 111 Å². The first-order valence-electron chi connectivity index (χ1n) is 8.43. The number of carbonyl (C=O) groups excluding carboxylic acids is 2. The van der Waals surface area contributed by atoms with Gasteiger partial charge in [-0.1, -0.05) is 13.8 Å². The van der Waals surface area contributed by atoms with Crippen LogP contribution in [0.5, 0.6) is 0 Å². The molecule has 1 aliphatic heterocycles. The number of non-ortho nitro benzene ring substituents is 1. The van der Waals surface area contributed by atoms with Gasteiger partial charge in [0, 0.05) is 31.8 Å². The number of ether oxygens (including phenoxy) is 2. The summed E-state index contributed by atoms with van der Waals surface area (Å²) in [5, 5.41) is 13.7. The van der Waals surface area contributed by atoms with E-state index in [1.165, 1.54) is 18.2 Å². The Kier molecular flexibility index (Phi) is 6.90. The van der Waals surface area contributed by atoms with Gasteiger partial charge in [-0.25, -0.2) is 4.79 Å². The van der Waals surface area contributed by atoms with Crippen LogP contribution in [0, 0.1) is 16.0 Å². The molecule has 1 N–H and O–H groups in total. The summed E-state index contributed by atoms with van der Waals surface area (Å²) >= 11 is 0. The van der Waals surface area contributed by atoms with Gasteiger partial charge in [0.15, 0.2) is 6.61 Å². The van der Waals surface area contributed by atoms with Crippen LogP contribution in [0.3, 0.4) is 0 Å². The Balaban J connectivity index is 2.13. The van der Waals surface area contributed by atoms with E-state index in [0.717, 1.165) is 0 Å². The number of nitrogens with zero attached hydrogens (tertiary/aromatic N) is 2. The third-order valence-electron chi connectivity index (χ3n) is 3.80. The molecule has 1 amide bonds. The maximum Gasteiger partial charge on any atom is 0.341 e. The monoisotopic (exact) mass is 365 g/mol. The van der Waals surface area contributed by atoms with Crippen molar-refractivity contribution in [1.82, 2.24) is 5.32 Å². The number of nitrogens with one attached hydrogen (secondary N) is 1. The van der Waals surface area contributed by atoms with Gasteiger partial charge >= 0.3 is 5.97 Å². The fourth-order valence-electron chi connectivity index (χ4n) is 2.46. The molecule has 0 spiro atoms. The van der Waals surface area contributed by atoms with Crippen molar-refractivity contribution in [1.29, 1.82) is 0 Å². The number of hydrogen-bond donors (Lipinski definition) is 1. The molecule has 0 radical (unpaired) electrons. The number of nitro groups is 1. The third kappa shape index (κ3) is 5.41. The number of anilines is 1. The van der Waals surface area contributed by atoms with E-state index < -0.39 is 23.4 Å². The Labute approximate surface area is 151 Å². The van der Waals surface area contributed by atoms with Crippen LogP contribution in [0.2, 0.25) is 0 Å². The highest BCUT2D eigenvalue weighted by Crippen LogP contribution is 2.27. The van der Waals surface area contributed by atoms with E-state index in [1.54, 1.807) is 0 Å². The summed E-state index contributed by atoms with van der Waals surface area (Å²) in [6.45, 7) is 6.07. The van der Waals surface area contributed by atoms with Gasteiger partial charge in [0.25, 0.3) is 11.6 Å². The molecular formula is C17H23N3O6. The van der Waals surface area contributed by atoms with Crippen LogP contribution in [0.15, 0.2) is 18.2 Å². The van der Waals surface area contributed by atoms with Gasteiger partial charge in [0.1, 0.15) is 0 Å². The normalized spacial score (nSPS) is 14.2. The fourth-order valence-corrected chi connectivity index (χ4v) is 2.46. The van der Waals surface area contributed by atoms with Gasteiger partial charge in [0.2, 0.25) is 0 Å². The molecule has 1 aromatic rings. The van der Waals surface area contributed by atoms with Crippen molar-refractivity contribution in [2.45, 2.75) is 13.8 Å². The zero-order chi connectivity index (χ0) is 19.1. The molecule has 2 rings (SSSR count). The second kappa shape index (κ2) is 9.14. The first-order valence-corrected chi connectivity index (χ1v) is 8.43. The molecule has 1 saturated heterocycles. The first-order chi connectivity index (χ1) is 12.4. The molecule has 9 heteroatoms. The van der Waals surface area contributed by atoms with E-state index in [4.69, 9.17) is 9.47 Å². The van der Waals surface area contributed by atoms with Crippen LogP contribution in [0.4, 0.5) is 11.4 Å². The van der Waals surface area contributed by atoms with Gasteiger partial charge in [-0.2, -0.15) is 0 Å². The number of carbonyl (C=O) groups is 2. The lowest BCUT2D eigenvalue weighted by atomic mass is 10.1. The van der Waals surface area contributed by atoms with Crippen molar-refractivity contribution < 1.29 is 24.0 Å². The fraction of sp³-hybridized carbons (Fsp3) is 0.529. The van der Waals surface area contributed by atoms with Gasteiger partial charge in [-0.05, 0) is 12.0 Å². The number of esters is 1. The Morgan fingerprint density at radius 2 is 2.04 bits per heavy atom. The van der Waals surface area contributed by atoms with Crippen LogP contribution in [0.25, 0.3) is 0 Å². The Bertz CT molecular complexity index is 670. The van der Waals surface area contributed by atoms with Crippen molar-refractivity contribution in [2.24, 2.45) is 5.92 Å².